The molecule has 0 aliphatic carbocycles. The summed E-state index contributed by atoms with van der Waals surface area (Å²) < 4.78 is 0. The molecule has 0 fully saturated rings. The molecule has 0 aliphatic heterocycles. The predicted molar refractivity (Wildman–Crippen MR) is 51.5 cm³/mol. The highest BCUT2D eigenvalue weighted by molar-refractivity contribution is 5.59. The molecule has 0 spiro atoms. The summed E-state index contributed by atoms with van der Waals surface area (Å²) in [5, 5.41) is 18.9. The number of hydrogen-bond acceptors (Lipinski definition) is 4. The second kappa shape index (κ2) is 4.25. The Morgan fingerprint density at radius 2 is 2.29 bits per heavy atom. The summed E-state index contributed by atoms with van der Waals surface area (Å²) in [6, 6.07) is 4.00. The Hall–Kier alpha value is -2.06. The maximum Gasteiger partial charge on any atom is 0.270 e. The molecule has 1 aromatic carbocycles. The molecule has 0 heterocycles. The SMILES string of the molecule is Nc1ccc([N+](=O)[O-])cc1C#CCO. The number of nitrogens with zero attached hydrogens (tertiary/aromatic N) is 1. The Morgan fingerprint density at radius 3 is 2.86 bits per heavy atom. The zero-order chi connectivity index (χ0) is 10.6. The molecule has 1 aromatic rings. The number of nitro benzene ring substituents is 1. The monoisotopic (exact) mass is 192 g/mol. The molecule has 0 bridgehead atoms. The smallest absolute Gasteiger partial charge is 0.270 e. The first kappa shape index (κ1) is 10.0. The van der Waals surface area contributed by atoms with E-state index in [0.29, 0.717) is 11.3 Å². The van der Waals surface area contributed by atoms with Gasteiger partial charge in [0.1, 0.15) is 6.61 Å². The topological polar surface area (TPSA) is 89.4 Å². The minimum atomic E-state index is -0.524. The molecule has 0 aromatic heterocycles. The maximum atomic E-state index is 10.4. The summed E-state index contributed by atoms with van der Waals surface area (Å²) in [5.74, 6) is 4.90. The highest BCUT2D eigenvalue weighted by atomic mass is 16.6. The van der Waals surface area contributed by atoms with Crippen LogP contribution in [0.2, 0.25) is 0 Å². The molecule has 0 saturated heterocycles. The molecule has 5 nitrogen and oxygen atoms in total. The number of nitrogen functional groups attached to an aromatic ring is 1. The lowest BCUT2D eigenvalue weighted by Crippen LogP contribution is -1.94. The number of nitrogens with two attached hydrogens (primary N) is 1. The van der Waals surface area contributed by atoms with Gasteiger partial charge in [-0.25, -0.2) is 0 Å². The van der Waals surface area contributed by atoms with Gasteiger partial charge in [0.2, 0.25) is 0 Å². The Balaban J connectivity index is 3.14. The van der Waals surface area contributed by atoms with Gasteiger partial charge in [-0.2, -0.15) is 0 Å². The lowest BCUT2D eigenvalue weighted by atomic mass is 10.1. The molecular formula is C9H8N2O3. The molecule has 3 N–H and O–H groups in total. The van der Waals surface area contributed by atoms with Crippen molar-refractivity contribution in [1.82, 2.24) is 0 Å². The second-order valence-electron chi connectivity index (χ2n) is 2.49. The second-order valence-corrected chi connectivity index (χ2v) is 2.49. The summed E-state index contributed by atoms with van der Waals surface area (Å²) in [6.07, 6.45) is 0. The quantitative estimate of drug-likeness (QED) is 0.294. The fraction of sp³-hybridized carbons (Fsp3) is 0.111. The van der Waals surface area contributed by atoms with Crippen molar-refractivity contribution in [2.75, 3.05) is 12.3 Å². The van der Waals surface area contributed by atoms with Crippen molar-refractivity contribution in [2.24, 2.45) is 0 Å². The Labute approximate surface area is 80.3 Å². The van der Waals surface area contributed by atoms with Gasteiger partial charge >= 0.3 is 0 Å². The molecule has 0 aliphatic rings. The van der Waals surface area contributed by atoms with Gasteiger partial charge in [-0.1, -0.05) is 11.8 Å². The third kappa shape index (κ3) is 2.21. The van der Waals surface area contributed by atoms with Crippen LogP contribution in [0.4, 0.5) is 11.4 Å². The van der Waals surface area contributed by atoms with Crippen molar-refractivity contribution in [3.8, 4) is 11.8 Å². The van der Waals surface area contributed by atoms with Crippen LogP contribution in [0, 0.1) is 22.0 Å². The number of hydrogen-bond donors (Lipinski definition) is 2. The Bertz CT molecular complexity index is 418. The molecular weight excluding hydrogens is 184 g/mol. The van der Waals surface area contributed by atoms with Gasteiger partial charge in [0.25, 0.3) is 5.69 Å². The summed E-state index contributed by atoms with van der Waals surface area (Å²) in [4.78, 5) is 9.88. The van der Waals surface area contributed by atoms with E-state index in [0.717, 1.165) is 0 Å². The molecule has 72 valence electrons. The number of non-ortho nitro benzene ring substituents is 1. The van der Waals surface area contributed by atoms with Crippen molar-refractivity contribution in [3.05, 3.63) is 33.9 Å². The van der Waals surface area contributed by atoms with Gasteiger partial charge in [0, 0.05) is 17.8 Å². The summed E-state index contributed by atoms with van der Waals surface area (Å²) >= 11 is 0. The van der Waals surface area contributed by atoms with Crippen LogP contribution >= 0.6 is 0 Å². The van der Waals surface area contributed by atoms with Crippen LogP contribution in [0.25, 0.3) is 0 Å². The third-order valence-electron chi connectivity index (χ3n) is 1.55. The van der Waals surface area contributed by atoms with E-state index in [9.17, 15) is 10.1 Å². The normalized spacial score (nSPS) is 8.93. The van der Waals surface area contributed by atoms with E-state index < -0.39 is 4.92 Å². The van der Waals surface area contributed by atoms with Crippen LogP contribution in [-0.4, -0.2) is 16.6 Å². The molecule has 0 radical (unpaired) electrons. The minimum Gasteiger partial charge on any atom is -0.398 e. The zero-order valence-corrected chi connectivity index (χ0v) is 7.23. The van der Waals surface area contributed by atoms with Gasteiger partial charge in [-0.05, 0) is 6.07 Å². The number of anilines is 1. The average Bonchev–Trinajstić information content (AvgIpc) is 2.16. The van der Waals surface area contributed by atoms with Crippen LogP contribution in [0.15, 0.2) is 18.2 Å². The Kier molecular flexibility index (Phi) is 3.05. The van der Waals surface area contributed by atoms with Gasteiger partial charge < -0.3 is 10.8 Å². The molecule has 1 rings (SSSR count). The van der Waals surface area contributed by atoms with Crippen molar-refractivity contribution in [2.45, 2.75) is 0 Å². The van der Waals surface area contributed by atoms with Crippen molar-refractivity contribution >= 4 is 11.4 Å². The largest absolute Gasteiger partial charge is 0.398 e. The first-order valence-electron chi connectivity index (χ1n) is 3.79. The highest BCUT2D eigenvalue weighted by Gasteiger charge is 2.06. The first-order chi connectivity index (χ1) is 6.65. The maximum absolute atomic E-state index is 10.4. The molecule has 0 unspecified atom stereocenters. The Morgan fingerprint density at radius 1 is 1.57 bits per heavy atom. The molecule has 0 saturated carbocycles. The van der Waals surface area contributed by atoms with Crippen LogP contribution < -0.4 is 5.73 Å². The highest BCUT2D eigenvalue weighted by Crippen LogP contribution is 2.18. The lowest BCUT2D eigenvalue weighted by molar-refractivity contribution is -0.384. The van der Waals surface area contributed by atoms with E-state index >= 15 is 0 Å². The minimum absolute atomic E-state index is 0.0681. The van der Waals surface area contributed by atoms with Crippen molar-refractivity contribution in [3.63, 3.8) is 0 Å². The molecule has 0 amide bonds. The lowest BCUT2D eigenvalue weighted by Gasteiger charge is -1.97. The van der Waals surface area contributed by atoms with E-state index in [4.69, 9.17) is 10.8 Å². The van der Waals surface area contributed by atoms with Gasteiger partial charge in [0.15, 0.2) is 0 Å². The van der Waals surface area contributed by atoms with E-state index in [-0.39, 0.29) is 12.3 Å². The number of aliphatic hydroxyl groups excluding tert-OH is 1. The van der Waals surface area contributed by atoms with Gasteiger partial charge in [0.05, 0.1) is 10.5 Å². The van der Waals surface area contributed by atoms with Crippen LogP contribution in [0.3, 0.4) is 0 Å². The standard InChI is InChI=1S/C9H8N2O3/c10-9-4-3-8(11(13)14)6-7(9)2-1-5-12/h3-4,6,12H,5,10H2. The van der Waals surface area contributed by atoms with Gasteiger partial charge in [-0.15, -0.1) is 0 Å². The predicted octanol–water partition coefficient (Wildman–Crippen LogP) is 0.521. The molecule has 0 atom stereocenters. The van der Waals surface area contributed by atoms with E-state index in [2.05, 4.69) is 11.8 Å². The molecule has 14 heavy (non-hydrogen) atoms. The van der Waals surface area contributed by atoms with Crippen molar-refractivity contribution < 1.29 is 10.0 Å². The fourth-order valence-electron chi connectivity index (χ4n) is 0.901. The number of benzene rings is 1. The van der Waals surface area contributed by atoms with Crippen LogP contribution in [0.1, 0.15) is 5.56 Å². The van der Waals surface area contributed by atoms with Gasteiger partial charge in [-0.3, -0.25) is 10.1 Å². The zero-order valence-electron chi connectivity index (χ0n) is 7.23. The fourth-order valence-corrected chi connectivity index (χ4v) is 0.901. The van der Waals surface area contributed by atoms with E-state index in [1.54, 1.807) is 0 Å². The van der Waals surface area contributed by atoms with Crippen molar-refractivity contribution in [1.29, 1.82) is 0 Å². The molecule has 5 heteroatoms. The van der Waals surface area contributed by atoms with Crippen LogP contribution in [-0.2, 0) is 0 Å². The summed E-state index contributed by atoms with van der Waals surface area (Å²) in [6.45, 7) is -0.303. The van der Waals surface area contributed by atoms with E-state index in [1.165, 1.54) is 18.2 Å². The summed E-state index contributed by atoms with van der Waals surface area (Å²) in [5.41, 5.74) is 6.17. The third-order valence-corrected chi connectivity index (χ3v) is 1.55. The first-order valence-corrected chi connectivity index (χ1v) is 3.79. The van der Waals surface area contributed by atoms with Crippen LogP contribution in [0.5, 0.6) is 0 Å². The summed E-state index contributed by atoms with van der Waals surface area (Å²) in [7, 11) is 0. The number of nitro groups is 1. The number of aliphatic hydroxyl groups is 1. The average molecular weight is 192 g/mol. The number of rotatable bonds is 1. The van der Waals surface area contributed by atoms with E-state index in [1.807, 2.05) is 0 Å².